The van der Waals surface area contributed by atoms with Crippen molar-refractivity contribution in [3.8, 4) is 22.9 Å². The fourth-order valence-corrected chi connectivity index (χ4v) is 2.95. The summed E-state index contributed by atoms with van der Waals surface area (Å²) in [5, 5.41) is 4.34. The quantitative estimate of drug-likeness (QED) is 0.470. The van der Waals surface area contributed by atoms with E-state index in [4.69, 9.17) is 30.3 Å². The van der Waals surface area contributed by atoms with Gasteiger partial charge in [-0.25, -0.2) is 4.79 Å². The summed E-state index contributed by atoms with van der Waals surface area (Å²) >= 11 is 6.11. The van der Waals surface area contributed by atoms with Crippen LogP contribution in [0.4, 0.5) is 0 Å². The van der Waals surface area contributed by atoms with Crippen molar-refractivity contribution in [1.29, 1.82) is 0 Å². The lowest BCUT2D eigenvalue weighted by Gasteiger charge is -2.01. The molecule has 0 amide bonds. The second kappa shape index (κ2) is 7.74. The largest absolute Gasteiger partial charge is 0.454 e. The van der Waals surface area contributed by atoms with E-state index < -0.39 is 5.97 Å². The van der Waals surface area contributed by atoms with Crippen LogP contribution in [0, 0.1) is 6.92 Å². The van der Waals surface area contributed by atoms with Gasteiger partial charge in [-0.3, -0.25) is 0 Å². The Bertz CT molecular complexity index is 1060. The van der Waals surface area contributed by atoms with Crippen LogP contribution in [0.5, 0.6) is 11.5 Å². The lowest BCUT2D eigenvalue weighted by Crippen LogP contribution is -2.01. The van der Waals surface area contributed by atoms with Gasteiger partial charge in [-0.05, 0) is 36.3 Å². The van der Waals surface area contributed by atoms with E-state index in [1.165, 1.54) is 6.08 Å². The first kappa shape index (κ1) is 18.1. The molecule has 0 aliphatic carbocycles. The summed E-state index contributed by atoms with van der Waals surface area (Å²) in [7, 11) is 0. The fraction of sp³-hybridized carbons (Fsp3) is 0.150. The fourth-order valence-electron chi connectivity index (χ4n) is 2.68. The highest BCUT2D eigenvalue weighted by atomic mass is 35.5. The zero-order valence-corrected chi connectivity index (χ0v) is 15.6. The Labute approximate surface area is 165 Å². The number of carbonyl (C=O) groups excluding carboxylic acids is 1. The molecule has 28 heavy (non-hydrogen) atoms. The highest BCUT2D eigenvalue weighted by molar-refractivity contribution is 6.32. The van der Waals surface area contributed by atoms with Gasteiger partial charge in [-0.1, -0.05) is 41.0 Å². The summed E-state index contributed by atoms with van der Waals surface area (Å²) in [6.45, 7) is 1.96. The van der Waals surface area contributed by atoms with Crippen LogP contribution in [-0.2, 0) is 16.1 Å². The van der Waals surface area contributed by atoms with E-state index in [1.807, 2.05) is 31.2 Å². The van der Waals surface area contributed by atoms with Crippen LogP contribution in [0.3, 0.4) is 0 Å². The minimum atomic E-state index is -0.551. The molecule has 1 aliphatic heterocycles. The standard InChI is InChI=1S/C20H15ClN2O5/c1-12-4-2-3-5-14(12)20-22-17(28-23-20)10-25-18(24)7-6-13-8-15(21)19-16(9-13)26-11-27-19/h2-9H,10-11H2,1H3/b7-6+. The number of hydrogen-bond donors (Lipinski definition) is 0. The van der Waals surface area contributed by atoms with Gasteiger partial charge in [0.1, 0.15) is 0 Å². The molecule has 142 valence electrons. The van der Waals surface area contributed by atoms with E-state index in [1.54, 1.807) is 18.2 Å². The second-order valence-corrected chi connectivity index (χ2v) is 6.41. The zero-order chi connectivity index (χ0) is 19.5. The normalized spacial score (nSPS) is 12.5. The molecule has 0 saturated carbocycles. The minimum absolute atomic E-state index is 0.121. The van der Waals surface area contributed by atoms with Crippen molar-refractivity contribution in [1.82, 2.24) is 10.1 Å². The third-order valence-electron chi connectivity index (χ3n) is 4.05. The molecule has 7 nitrogen and oxygen atoms in total. The van der Waals surface area contributed by atoms with Crippen molar-refractivity contribution >= 4 is 23.6 Å². The number of aryl methyl sites for hydroxylation is 1. The molecule has 0 N–H and O–H groups in total. The molecule has 0 fully saturated rings. The van der Waals surface area contributed by atoms with Crippen LogP contribution in [0.1, 0.15) is 17.0 Å². The van der Waals surface area contributed by atoms with Crippen molar-refractivity contribution in [3.05, 3.63) is 64.5 Å². The molecule has 0 spiro atoms. The number of esters is 1. The number of halogens is 1. The van der Waals surface area contributed by atoms with Crippen molar-refractivity contribution < 1.29 is 23.5 Å². The van der Waals surface area contributed by atoms with E-state index in [9.17, 15) is 4.79 Å². The van der Waals surface area contributed by atoms with Crippen LogP contribution in [-0.4, -0.2) is 22.9 Å². The zero-order valence-electron chi connectivity index (χ0n) is 14.8. The number of carbonyl (C=O) groups is 1. The Hall–Kier alpha value is -3.32. The Balaban J connectivity index is 1.37. The lowest BCUT2D eigenvalue weighted by atomic mass is 10.1. The van der Waals surface area contributed by atoms with Crippen LogP contribution in [0.15, 0.2) is 47.0 Å². The maximum Gasteiger partial charge on any atom is 0.331 e. The molecule has 0 saturated heterocycles. The van der Waals surface area contributed by atoms with Gasteiger partial charge in [0.05, 0.1) is 5.02 Å². The summed E-state index contributed by atoms with van der Waals surface area (Å²) in [6.07, 6.45) is 2.86. The SMILES string of the molecule is Cc1ccccc1-c1noc(COC(=O)/C=C/c2cc(Cl)c3c(c2)OCO3)n1. The summed E-state index contributed by atoms with van der Waals surface area (Å²) < 4.78 is 20.8. The van der Waals surface area contributed by atoms with Crippen LogP contribution in [0.25, 0.3) is 17.5 Å². The Morgan fingerprint density at radius 1 is 1.29 bits per heavy atom. The molecule has 2 heterocycles. The number of ether oxygens (including phenoxy) is 3. The van der Waals surface area contributed by atoms with Crippen LogP contribution in [0.2, 0.25) is 5.02 Å². The smallest absolute Gasteiger partial charge is 0.331 e. The van der Waals surface area contributed by atoms with Gasteiger partial charge < -0.3 is 18.7 Å². The van der Waals surface area contributed by atoms with Gasteiger partial charge in [0.25, 0.3) is 5.89 Å². The minimum Gasteiger partial charge on any atom is -0.454 e. The second-order valence-electron chi connectivity index (χ2n) is 6.00. The van der Waals surface area contributed by atoms with E-state index in [0.717, 1.165) is 11.1 Å². The van der Waals surface area contributed by atoms with Crippen molar-refractivity contribution in [3.63, 3.8) is 0 Å². The Morgan fingerprint density at radius 3 is 3.00 bits per heavy atom. The van der Waals surface area contributed by atoms with E-state index >= 15 is 0 Å². The molecule has 8 heteroatoms. The molecule has 3 aromatic rings. The van der Waals surface area contributed by atoms with Gasteiger partial charge in [0, 0.05) is 11.6 Å². The molecule has 4 rings (SSSR count). The molecule has 1 aliphatic rings. The number of rotatable bonds is 5. The van der Waals surface area contributed by atoms with Gasteiger partial charge >= 0.3 is 5.97 Å². The van der Waals surface area contributed by atoms with E-state index in [2.05, 4.69) is 10.1 Å². The highest BCUT2D eigenvalue weighted by Crippen LogP contribution is 2.40. The molecule has 1 aromatic heterocycles. The van der Waals surface area contributed by atoms with Gasteiger partial charge in [0.15, 0.2) is 18.1 Å². The predicted molar refractivity (Wildman–Crippen MR) is 101 cm³/mol. The van der Waals surface area contributed by atoms with Crippen molar-refractivity contribution in [2.75, 3.05) is 6.79 Å². The molecule has 0 bridgehead atoms. The number of aromatic nitrogens is 2. The Kier molecular flexibility index (Phi) is 4.99. The van der Waals surface area contributed by atoms with Gasteiger partial charge in [-0.2, -0.15) is 4.98 Å². The van der Waals surface area contributed by atoms with Crippen molar-refractivity contribution in [2.24, 2.45) is 0 Å². The first-order chi connectivity index (χ1) is 13.6. The average molecular weight is 399 g/mol. The maximum atomic E-state index is 12.0. The molecular weight excluding hydrogens is 384 g/mol. The first-order valence-corrected chi connectivity index (χ1v) is 8.80. The number of fused-ring (bicyclic) bond motifs is 1. The number of nitrogens with zero attached hydrogens (tertiary/aromatic N) is 2. The maximum absolute atomic E-state index is 12.0. The monoisotopic (exact) mass is 398 g/mol. The summed E-state index contributed by atoms with van der Waals surface area (Å²) in [5.41, 5.74) is 2.58. The summed E-state index contributed by atoms with van der Waals surface area (Å²) in [6, 6.07) is 11.1. The van der Waals surface area contributed by atoms with Crippen LogP contribution >= 0.6 is 11.6 Å². The molecule has 0 unspecified atom stereocenters. The molecule has 0 atom stereocenters. The number of hydrogen-bond acceptors (Lipinski definition) is 7. The number of benzene rings is 2. The molecule has 2 aromatic carbocycles. The van der Waals surface area contributed by atoms with E-state index in [-0.39, 0.29) is 19.3 Å². The molecule has 0 radical (unpaired) electrons. The lowest BCUT2D eigenvalue weighted by molar-refractivity contribution is -0.139. The Morgan fingerprint density at radius 2 is 2.14 bits per heavy atom. The van der Waals surface area contributed by atoms with Crippen molar-refractivity contribution in [2.45, 2.75) is 13.5 Å². The summed E-state index contributed by atoms with van der Waals surface area (Å²) in [5.74, 6) is 1.16. The van der Waals surface area contributed by atoms with E-state index in [0.29, 0.717) is 27.9 Å². The van der Waals surface area contributed by atoms with Gasteiger partial charge in [-0.15, -0.1) is 0 Å². The first-order valence-electron chi connectivity index (χ1n) is 8.43. The highest BCUT2D eigenvalue weighted by Gasteiger charge is 2.17. The van der Waals surface area contributed by atoms with Crippen LogP contribution < -0.4 is 9.47 Å². The summed E-state index contributed by atoms with van der Waals surface area (Å²) in [4.78, 5) is 16.2. The topological polar surface area (TPSA) is 83.7 Å². The molecular formula is C20H15ClN2O5. The average Bonchev–Trinajstić information content (AvgIpc) is 3.35. The third kappa shape index (κ3) is 3.84. The predicted octanol–water partition coefficient (Wildman–Crippen LogP) is 4.18. The third-order valence-corrected chi connectivity index (χ3v) is 4.33. The van der Waals surface area contributed by atoms with Gasteiger partial charge in [0.2, 0.25) is 12.6 Å².